The standard InChI is InChI=1S/C13H21BrN2O2S2/c1-2-15-10-11-9-12(13(14)19-11)20(17,18)16-7-5-3-4-6-8-16/h9,15H,2-8,10H2,1H3. The van der Waals surface area contributed by atoms with E-state index in [1.54, 1.807) is 10.4 Å². The van der Waals surface area contributed by atoms with E-state index in [9.17, 15) is 8.42 Å². The van der Waals surface area contributed by atoms with Gasteiger partial charge in [0.15, 0.2) is 0 Å². The Labute approximate surface area is 133 Å². The minimum absolute atomic E-state index is 0.428. The second kappa shape index (κ2) is 7.35. The van der Waals surface area contributed by atoms with Crippen LogP contribution in [0.5, 0.6) is 0 Å². The molecule has 114 valence electrons. The average molecular weight is 381 g/mol. The van der Waals surface area contributed by atoms with Gasteiger partial charge in [-0.25, -0.2) is 8.42 Å². The lowest BCUT2D eigenvalue weighted by atomic mass is 10.2. The quantitative estimate of drug-likeness (QED) is 0.852. The van der Waals surface area contributed by atoms with Gasteiger partial charge in [-0.3, -0.25) is 0 Å². The lowest BCUT2D eigenvalue weighted by Crippen LogP contribution is -2.31. The summed E-state index contributed by atoms with van der Waals surface area (Å²) >= 11 is 4.91. The Morgan fingerprint density at radius 3 is 2.55 bits per heavy atom. The molecule has 2 heterocycles. The van der Waals surface area contributed by atoms with Crippen molar-refractivity contribution in [2.24, 2.45) is 0 Å². The molecule has 0 spiro atoms. The van der Waals surface area contributed by atoms with Crippen molar-refractivity contribution in [2.45, 2.75) is 44.0 Å². The Morgan fingerprint density at radius 2 is 1.95 bits per heavy atom. The van der Waals surface area contributed by atoms with E-state index in [1.807, 2.05) is 6.92 Å². The normalized spacial score (nSPS) is 18.1. The van der Waals surface area contributed by atoms with Crippen LogP contribution >= 0.6 is 27.3 Å². The van der Waals surface area contributed by atoms with E-state index in [2.05, 4.69) is 21.2 Å². The fourth-order valence-corrected chi connectivity index (χ4v) is 6.45. The molecule has 20 heavy (non-hydrogen) atoms. The Morgan fingerprint density at radius 1 is 1.30 bits per heavy atom. The lowest BCUT2D eigenvalue weighted by Gasteiger charge is -2.19. The van der Waals surface area contributed by atoms with E-state index in [0.717, 1.165) is 47.4 Å². The molecule has 4 nitrogen and oxygen atoms in total. The molecule has 1 aliphatic heterocycles. The predicted molar refractivity (Wildman–Crippen MR) is 86.6 cm³/mol. The number of thiophene rings is 1. The van der Waals surface area contributed by atoms with Crippen molar-refractivity contribution in [3.05, 3.63) is 14.7 Å². The minimum Gasteiger partial charge on any atom is -0.312 e. The van der Waals surface area contributed by atoms with Crippen molar-refractivity contribution in [1.82, 2.24) is 9.62 Å². The molecule has 0 aliphatic carbocycles. The summed E-state index contributed by atoms with van der Waals surface area (Å²) in [6, 6.07) is 1.80. The summed E-state index contributed by atoms with van der Waals surface area (Å²) in [7, 11) is -3.35. The van der Waals surface area contributed by atoms with Crippen LogP contribution in [0.4, 0.5) is 0 Å². The zero-order valence-electron chi connectivity index (χ0n) is 11.7. The van der Waals surface area contributed by atoms with Crippen molar-refractivity contribution in [2.75, 3.05) is 19.6 Å². The van der Waals surface area contributed by atoms with Gasteiger partial charge in [0.2, 0.25) is 10.0 Å². The molecule has 1 saturated heterocycles. The summed E-state index contributed by atoms with van der Waals surface area (Å²) in [4.78, 5) is 1.48. The first kappa shape index (κ1) is 16.4. The molecule has 7 heteroatoms. The summed E-state index contributed by atoms with van der Waals surface area (Å²) in [6.45, 7) is 4.93. The van der Waals surface area contributed by atoms with Gasteiger partial charge in [-0.15, -0.1) is 11.3 Å². The maximum Gasteiger partial charge on any atom is 0.245 e. The van der Waals surface area contributed by atoms with Crippen LogP contribution in [0, 0.1) is 0 Å². The van der Waals surface area contributed by atoms with Crippen LogP contribution in [0.25, 0.3) is 0 Å². The van der Waals surface area contributed by atoms with Gasteiger partial charge in [0, 0.05) is 24.5 Å². The van der Waals surface area contributed by atoms with Gasteiger partial charge in [0.25, 0.3) is 0 Å². The summed E-state index contributed by atoms with van der Waals surface area (Å²) < 4.78 is 27.8. The second-order valence-corrected chi connectivity index (χ2v) is 9.31. The van der Waals surface area contributed by atoms with Crippen LogP contribution in [-0.4, -0.2) is 32.4 Å². The number of hydrogen-bond donors (Lipinski definition) is 1. The monoisotopic (exact) mass is 380 g/mol. The van der Waals surface area contributed by atoms with Gasteiger partial charge in [-0.1, -0.05) is 19.8 Å². The van der Waals surface area contributed by atoms with Gasteiger partial charge in [-0.05, 0) is 41.4 Å². The summed E-state index contributed by atoms with van der Waals surface area (Å²) in [5, 5.41) is 3.23. The van der Waals surface area contributed by atoms with Crippen molar-refractivity contribution in [3.63, 3.8) is 0 Å². The zero-order valence-corrected chi connectivity index (χ0v) is 14.9. The van der Waals surface area contributed by atoms with Gasteiger partial charge in [-0.2, -0.15) is 4.31 Å². The molecule has 0 unspecified atom stereocenters. The molecule has 0 aromatic carbocycles. The lowest BCUT2D eigenvalue weighted by molar-refractivity contribution is 0.423. The highest BCUT2D eigenvalue weighted by Crippen LogP contribution is 2.34. The Bertz CT molecular complexity index is 535. The Hall–Kier alpha value is 0.0500. The van der Waals surface area contributed by atoms with E-state index >= 15 is 0 Å². The van der Waals surface area contributed by atoms with Crippen LogP contribution < -0.4 is 5.32 Å². The van der Waals surface area contributed by atoms with Crippen molar-refractivity contribution >= 4 is 37.3 Å². The van der Waals surface area contributed by atoms with E-state index in [0.29, 0.717) is 18.0 Å². The van der Waals surface area contributed by atoms with Gasteiger partial charge in [0.05, 0.1) is 3.79 Å². The molecule has 1 fully saturated rings. The highest BCUT2D eigenvalue weighted by atomic mass is 79.9. The van der Waals surface area contributed by atoms with Crippen LogP contribution in [0.1, 0.15) is 37.5 Å². The molecule has 0 radical (unpaired) electrons. The molecular formula is C13H21BrN2O2S2. The maximum absolute atomic E-state index is 12.7. The Balaban J connectivity index is 2.21. The first-order valence-corrected chi connectivity index (χ1v) is 10.1. The van der Waals surface area contributed by atoms with Crippen LogP contribution in [0.15, 0.2) is 14.7 Å². The topological polar surface area (TPSA) is 49.4 Å². The third kappa shape index (κ3) is 3.82. The fraction of sp³-hybridized carbons (Fsp3) is 0.692. The van der Waals surface area contributed by atoms with E-state index < -0.39 is 10.0 Å². The molecule has 1 aromatic heterocycles. The summed E-state index contributed by atoms with van der Waals surface area (Å²) in [6.07, 6.45) is 4.18. The molecule has 1 aliphatic rings. The maximum atomic E-state index is 12.7. The molecule has 1 N–H and O–H groups in total. The second-order valence-electron chi connectivity index (χ2n) is 4.95. The number of sulfonamides is 1. The summed E-state index contributed by atoms with van der Waals surface area (Å²) in [5.41, 5.74) is 0. The Kier molecular flexibility index (Phi) is 6.04. The third-order valence-corrected chi connectivity index (χ3v) is 7.59. The predicted octanol–water partition coefficient (Wildman–Crippen LogP) is 3.18. The number of rotatable bonds is 5. The van der Waals surface area contributed by atoms with Crippen molar-refractivity contribution in [1.29, 1.82) is 0 Å². The van der Waals surface area contributed by atoms with Crippen LogP contribution in [-0.2, 0) is 16.6 Å². The molecule has 2 rings (SSSR count). The smallest absolute Gasteiger partial charge is 0.245 e. The first-order valence-electron chi connectivity index (χ1n) is 7.04. The third-order valence-electron chi connectivity index (χ3n) is 3.44. The van der Waals surface area contributed by atoms with Crippen LogP contribution in [0.2, 0.25) is 0 Å². The highest BCUT2D eigenvalue weighted by molar-refractivity contribution is 9.11. The van der Waals surface area contributed by atoms with Crippen molar-refractivity contribution in [3.8, 4) is 0 Å². The van der Waals surface area contributed by atoms with Crippen LogP contribution in [0.3, 0.4) is 0 Å². The number of halogens is 1. The fourth-order valence-electron chi connectivity index (χ4n) is 2.33. The van der Waals surface area contributed by atoms with Gasteiger partial charge in [0.1, 0.15) is 4.90 Å². The van der Waals surface area contributed by atoms with E-state index in [4.69, 9.17) is 0 Å². The molecule has 1 aromatic rings. The largest absolute Gasteiger partial charge is 0.312 e. The molecule has 0 saturated carbocycles. The molecular weight excluding hydrogens is 360 g/mol. The number of nitrogens with one attached hydrogen (secondary N) is 1. The first-order chi connectivity index (χ1) is 9.55. The molecule has 0 amide bonds. The molecule has 0 atom stereocenters. The summed E-state index contributed by atoms with van der Waals surface area (Å²) in [5.74, 6) is 0. The minimum atomic E-state index is -3.35. The highest BCUT2D eigenvalue weighted by Gasteiger charge is 2.28. The number of nitrogens with zero attached hydrogens (tertiary/aromatic N) is 1. The van der Waals surface area contributed by atoms with E-state index in [1.165, 1.54) is 11.3 Å². The zero-order chi connectivity index (χ0) is 14.6. The van der Waals surface area contributed by atoms with Gasteiger partial charge >= 0.3 is 0 Å². The molecule has 0 bridgehead atoms. The van der Waals surface area contributed by atoms with Gasteiger partial charge < -0.3 is 5.32 Å². The van der Waals surface area contributed by atoms with E-state index in [-0.39, 0.29) is 0 Å². The number of hydrogen-bond acceptors (Lipinski definition) is 4. The SMILES string of the molecule is CCNCc1cc(S(=O)(=O)N2CCCCCC2)c(Br)s1. The van der Waals surface area contributed by atoms with Crippen molar-refractivity contribution < 1.29 is 8.42 Å². The average Bonchev–Trinajstić information content (AvgIpc) is 2.65.